The molecule has 0 spiro atoms. The lowest BCUT2D eigenvalue weighted by Crippen LogP contribution is -2.59. The van der Waals surface area contributed by atoms with E-state index in [-0.39, 0.29) is 10.9 Å². The highest BCUT2D eigenvalue weighted by molar-refractivity contribution is 7.90. The summed E-state index contributed by atoms with van der Waals surface area (Å²) in [4.78, 5) is 30.4. The van der Waals surface area contributed by atoms with E-state index in [1.807, 2.05) is 0 Å². The highest BCUT2D eigenvalue weighted by Crippen LogP contribution is 2.48. The number of hydrogen-bond acceptors (Lipinski definition) is 5. The number of amides is 2. The third kappa shape index (κ3) is 6.43. The van der Waals surface area contributed by atoms with Gasteiger partial charge < -0.3 is 9.45 Å². The van der Waals surface area contributed by atoms with Crippen LogP contribution in [0.25, 0.3) is 0 Å². The van der Waals surface area contributed by atoms with Crippen LogP contribution in [0.2, 0.25) is 10.0 Å². The average Bonchev–Trinajstić information content (AvgIpc) is 2.93. The Hall–Kier alpha value is -2.60. The normalized spacial score (nSPS) is 23.5. The van der Waals surface area contributed by atoms with Crippen molar-refractivity contribution in [1.82, 2.24) is 14.3 Å². The largest absolute Gasteiger partial charge is 0.588 e. The number of hydrogen-bond donors (Lipinski definition) is 2. The van der Waals surface area contributed by atoms with Gasteiger partial charge in [0.1, 0.15) is 11.4 Å². The van der Waals surface area contributed by atoms with E-state index in [4.69, 9.17) is 23.2 Å². The fraction of sp³-hybridized carbons (Fsp3) is 0.310. The van der Waals surface area contributed by atoms with Crippen LogP contribution in [0.4, 0.5) is 0 Å². The Morgan fingerprint density at radius 1 is 0.976 bits per heavy atom. The lowest BCUT2D eigenvalue weighted by molar-refractivity contribution is -0.122. The van der Waals surface area contributed by atoms with E-state index >= 15 is 0 Å². The van der Waals surface area contributed by atoms with Crippen molar-refractivity contribution in [3.63, 3.8) is 0 Å². The monoisotopic (exact) mass is 633 g/mol. The van der Waals surface area contributed by atoms with Gasteiger partial charge in [-0.1, -0.05) is 78.5 Å². The number of carbonyl (C=O) groups excluding carboxylic acids is 2. The van der Waals surface area contributed by atoms with E-state index in [1.54, 1.807) is 77.7 Å². The Labute approximate surface area is 252 Å². The van der Waals surface area contributed by atoms with Crippen molar-refractivity contribution in [2.75, 3.05) is 6.26 Å². The number of benzene rings is 3. The van der Waals surface area contributed by atoms with Gasteiger partial charge in [0.25, 0.3) is 11.8 Å². The molecule has 1 heterocycles. The summed E-state index contributed by atoms with van der Waals surface area (Å²) in [5.41, 5.74) is 1.27. The molecule has 0 unspecified atom stereocenters. The first-order valence-electron chi connectivity index (χ1n) is 13.2. The maximum absolute atomic E-state index is 14.3. The van der Waals surface area contributed by atoms with Crippen molar-refractivity contribution in [2.24, 2.45) is 0 Å². The van der Waals surface area contributed by atoms with Crippen molar-refractivity contribution >= 4 is 56.4 Å². The first kappa shape index (κ1) is 29.9. The molecule has 41 heavy (non-hydrogen) atoms. The van der Waals surface area contributed by atoms with Gasteiger partial charge in [-0.25, -0.2) is 13.1 Å². The minimum absolute atomic E-state index is 0.255. The molecular weight excluding hydrogens is 605 g/mol. The molecule has 1 aliphatic carbocycles. The van der Waals surface area contributed by atoms with Crippen molar-refractivity contribution in [3.8, 4) is 0 Å². The molecule has 0 aromatic heterocycles. The second-order valence-corrected chi connectivity index (χ2v) is 14.1. The van der Waals surface area contributed by atoms with Crippen LogP contribution in [-0.2, 0) is 26.2 Å². The number of nitrogens with zero attached hydrogens (tertiary/aromatic N) is 1. The highest BCUT2D eigenvalue weighted by atomic mass is 35.5. The SMILES string of the molecule is CS(=O)(=O)N[C@H]1CCCC[C@@H]1N1C(=O)c2ccccc2[C@@H](C(=O)N[S@+]([O-])c2ccccc2)[C@@H]1c1ccc(Cl)cc1Cl. The summed E-state index contributed by atoms with van der Waals surface area (Å²) in [5, 5.41) is 0.637. The summed E-state index contributed by atoms with van der Waals surface area (Å²) in [6.07, 6.45) is 3.70. The van der Waals surface area contributed by atoms with E-state index in [1.165, 1.54) is 0 Å². The van der Waals surface area contributed by atoms with Gasteiger partial charge in [0.05, 0.1) is 18.2 Å². The van der Waals surface area contributed by atoms with Crippen molar-refractivity contribution in [2.45, 2.75) is 54.6 Å². The molecule has 12 heteroatoms. The van der Waals surface area contributed by atoms with Gasteiger partial charge in [-0.05, 0) is 54.3 Å². The highest BCUT2D eigenvalue weighted by Gasteiger charge is 2.50. The molecule has 2 aliphatic rings. The van der Waals surface area contributed by atoms with Crippen LogP contribution in [-0.4, -0.2) is 48.0 Å². The fourth-order valence-corrected chi connectivity index (χ4v) is 8.06. The van der Waals surface area contributed by atoms with Gasteiger partial charge in [0.15, 0.2) is 4.90 Å². The Morgan fingerprint density at radius 2 is 1.66 bits per heavy atom. The Balaban J connectivity index is 1.67. The van der Waals surface area contributed by atoms with Crippen LogP contribution < -0.4 is 9.44 Å². The number of halogens is 2. The fourth-order valence-electron chi connectivity index (χ4n) is 5.89. The molecule has 5 rings (SSSR count). The zero-order valence-corrected chi connectivity index (χ0v) is 25.3. The maximum Gasteiger partial charge on any atom is 0.271 e. The van der Waals surface area contributed by atoms with E-state index < -0.39 is 51.3 Å². The van der Waals surface area contributed by atoms with E-state index in [0.29, 0.717) is 39.5 Å². The number of fused-ring (bicyclic) bond motifs is 1. The molecule has 1 fully saturated rings. The molecule has 1 saturated carbocycles. The summed E-state index contributed by atoms with van der Waals surface area (Å²) in [6, 6.07) is 18.2. The van der Waals surface area contributed by atoms with Gasteiger partial charge in [0.2, 0.25) is 10.0 Å². The first-order chi connectivity index (χ1) is 19.5. The van der Waals surface area contributed by atoms with E-state index in [0.717, 1.165) is 19.1 Å². The molecule has 1 aliphatic heterocycles. The van der Waals surface area contributed by atoms with Crippen molar-refractivity contribution in [3.05, 3.63) is 99.5 Å². The number of nitrogens with one attached hydrogen (secondary N) is 2. The summed E-state index contributed by atoms with van der Waals surface area (Å²) < 4.78 is 43.2. The lowest BCUT2D eigenvalue weighted by atomic mass is 9.76. The quantitative estimate of drug-likeness (QED) is 0.356. The first-order valence-corrected chi connectivity index (χ1v) is 17.0. The molecular formula is C29H29Cl2N3O5S2. The second-order valence-electron chi connectivity index (χ2n) is 10.3. The predicted octanol–water partition coefficient (Wildman–Crippen LogP) is 4.97. The minimum atomic E-state index is -3.60. The topological polar surface area (TPSA) is 119 Å². The summed E-state index contributed by atoms with van der Waals surface area (Å²) in [5.74, 6) is -1.90. The molecule has 0 radical (unpaired) electrons. The molecule has 0 saturated heterocycles. The number of sulfonamides is 1. The van der Waals surface area contributed by atoms with Gasteiger partial charge in [0, 0.05) is 27.7 Å². The van der Waals surface area contributed by atoms with Crippen LogP contribution in [0.1, 0.15) is 59.1 Å². The molecule has 2 amide bonds. The predicted molar refractivity (Wildman–Crippen MR) is 160 cm³/mol. The van der Waals surface area contributed by atoms with Crippen molar-refractivity contribution in [1.29, 1.82) is 0 Å². The molecule has 3 aromatic carbocycles. The Bertz CT molecular complexity index is 1560. The molecule has 5 atom stereocenters. The van der Waals surface area contributed by atoms with Crippen LogP contribution in [0, 0.1) is 0 Å². The Kier molecular flexibility index (Phi) is 8.98. The smallest absolute Gasteiger partial charge is 0.271 e. The van der Waals surface area contributed by atoms with Gasteiger partial charge in [-0.2, -0.15) is 4.72 Å². The number of rotatable bonds is 7. The van der Waals surface area contributed by atoms with Gasteiger partial charge in [-0.15, -0.1) is 0 Å². The molecule has 0 bridgehead atoms. The summed E-state index contributed by atoms with van der Waals surface area (Å²) >= 11 is 11.1. The minimum Gasteiger partial charge on any atom is -0.588 e. The number of carbonyl (C=O) groups is 2. The Morgan fingerprint density at radius 3 is 2.37 bits per heavy atom. The maximum atomic E-state index is 14.3. The van der Waals surface area contributed by atoms with Crippen LogP contribution in [0.5, 0.6) is 0 Å². The van der Waals surface area contributed by atoms with Crippen LogP contribution in [0.15, 0.2) is 77.7 Å². The van der Waals surface area contributed by atoms with Crippen LogP contribution in [0.3, 0.4) is 0 Å². The van der Waals surface area contributed by atoms with Gasteiger partial charge >= 0.3 is 0 Å². The molecule has 2 N–H and O–H groups in total. The summed E-state index contributed by atoms with van der Waals surface area (Å²) in [7, 11) is -3.60. The second kappa shape index (κ2) is 12.3. The standard InChI is InChI=1S/C29H29Cl2N3O5S2/c1-41(38,39)33-24-13-7-8-14-25(24)34-27(22-16-15-18(30)17-23(22)31)26(20-11-5-6-12-21(20)29(34)36)28(35)32-40(37)19-9-3-2-4-10-19/h2-6,9-12,15-17,24-27,33H,7-8,13-14H2,1H3,(H,32,35)/t24-,25-,26+,27-,40+/m0/s1. The lowest BCUT2D eigenvalue weighted by Gasteiger charge is -2.49. The zero-order valence-electron chi connectivity index (χ0n) is 22.1. The van der Waals surface area contributed by atoms with E-state index in [9.17, 15) is 22.6 Å². The summed E-state index contributed by atoms with van der Waals surface area (Å²) in [6.45, 7) is 0. The zero-order chi connectivity index (χ0) is 29.3. The molecule has 3 aromatic rings. The third-order valence-corrected chi connectivity index (χ3v) is 9.92. The molecule has 216 valence electrons. The molecule has 8 nitrogen and oxygen atoms in total. The van der Waals surface area contributed by atoms with Crippen molar-refractivity contribution < 1.29 is 22.6 Å². The van der Waals surface area contributed by atoms with Crippen LogP contribution >= 0.6 is 23.2 Å². The van der Waals surface area contributed by atoms with E-state index in [2.05, 4.69) is 9.44 Å². The van der Waals surface area contributed by atoms with Gasteiger partial charge in [-0.3, -0.25) is 9.59 Å². The third-order valence-electron chi connectivity index (χ3n) is 7.54. The average molecular weight is 635 g/mol.